The van der Waals surface area contributed by atoms with Crippen molar-refractivity contribution in [2.45, 2.75) is 20.3 Å². The number of aryl methyl sites for hydroxylation is 1. The molecule has 0 aliphatic rings. The number of methoxy groups -OCH3 is 2. The van der Waals surface area contributed by atoms with Crippen molar-refractivity contribution < 1.29 is 19.1 Å². The highest BCUT2D eigenvalue weighted by Gasteiger charge is 2.25. The van der Waals surface area contributed by atoms with Crippen LogP contribution in [0.25, 0.3) is 0 Å². The molecule has 0 aliphatic heterocycles. The van der Waals surface area contributed by atoms with Crippen LogP contribution in [-0.4, -0.2) is 26.2 Å². The normalized spacial score (nSPS) is 10.3. The van der Waals surface area contributed by atoms with Crippen molar-refractivity contribution in [1.82, 2.24) is 0 Å². The van der Waals surface area contributed by atoms with E-state index in [1.807, 2.05) is 43.3 Å². The zero-order valence-corrected chi connectivity index (χ0v) is 13.8. The number of ether oxygens (including phenoxy) is 2. The Morgan fingerprint density at radius 1 is 0.913 bits per heavy atom. The lowest BCUT2D eigenvalue weighted by atomic mass is 9.90. The molecule has 23 heavy (non-hydrogen) atoms. The summed E-state index contributed by atoms with van der Waals surface area (Å²) in [6.45, 7) is 3.63. The number of carbonyl (C=O) groups excluding carboxylic acids is 2. The van der Waals surface area contributed by atoms with Gasteiger partial charge in [-0.15, -0.1) is 0 Å². The van der Waals surface area contributed by atoms with Gasteiger partial charge in [0.05, 0.1) is 25.3 Å². The first-order chi connectivity index (χ1) is 11.0. The van der Waals surface area contributed by atoms with E-state index in [2.05, 4.69) is 0 Å². The van der Waals surface area contributed by atoms with Gasteiger partial charge in [0.25, 0.3) is 0 Å². The fraction of sp³-hybridized carbons (Fsp3) is 0.263. The van der Waals surface area contributed by atoms with Crippen molar-refractivity contribution in [2.75, 3.05) is 14.2 Å². The van der Waals surface area contributed by atoms with E-state index in [1.165, 1.54) is 14.2 Å². The van der Waals surface area contributed by atoms with Gasteiger partial charge in [-0.25, -0.2) is 9.59 Å². The fourth-order valence-corrected chi connectivity index (χ4v) is 2.71. The lowest BCUT2D eigenvalue weighted by Gasteiger charge is -2.16. The summed E-state index contributed by atoms with van der Waals surface area (Å²) in [4.78, 5) is 24.3. The Morgan fingerprint density at radius 3 is 2.04 bits per heavy atom. The van der Waals surface area contributed by atoms with Gasteiger partial charge in [0, 0.05) is 0 Å². The summed E-state index contributed by atoms with van der Waals surface area (Å²) in [5, 5.41) is 0. The van der Waals surface area contributed by atoms with Crippen LogP contribution in [0.4, 0.5) is 0 Å². The van der Waals surface area contributed by atoms with Crippen LogP contribution in [0.15, 0.2) is 36.4 Å². The SMILES string of the molecule is COC(=O)c1c(C)cc(Cc2ccccc2)c(C)c1C(=O)OC. The van der Waals surface area contributed by atoms with E-state index in [1.54, 1.807) is 6.92 Å². The number of rotatable bonds is 4. The summed E-state index contributed by atoms with van der Waals surface area (Å²) in [6.07, 6.45) is 0.680. The van der Waals surface area contributed by atoms with E-state index in [0.29, 0.717) is 12.0 Å². The lowest BCUT2D eigenvalue weighted by molar-refractivity contribution is 0.0553. The number of hydrogen-bond donors (Lipinski definition) is 0. The number of carbonyl (C=O) groups is 2. The zero-order chi connectivity index (χ0) is 17.0. The van der Waals surface area contributed by atoms with E-state index in [9.17, 15) is 9.59 Å². The highest BCUT2D eigenvalue weighted by Crippen LogP contribution is 2.26. The Balaban J connectivity index is 2.60. The highest BCUT2D eigenvalue weighted by atomic mass is 16.5. The molecule has 0 bridgehead atoms. The van der Waals surface area contributed by atoms with Gasteiger partial charge in [-0.3, -0.25) is 0 Å². The first kappa shape index (κ1) is 16.7. The topological polar surface area (TPSA) is 52.6 Å². The maximum absolute atomic E-state index is 12.2. The molecule has 0 heterocycles. The van der Waals surface area contributed by atoms with Crippen molar-refractivity contribution >= 4 is 11.9 Å². The molecule has 0 atom stereocenters. The average Bonchev–Trinajstić information content (AvgIpc) is 2.57. The third-order valence-electron chi connectivity index (χ3n) is 3.91. The van der Waals surface area contributed by atoms with Crippen LogP contribution in [0, 0.1) is 13.8 Å². The summed E-state index contributed by atoms with van der Waals surface area (Å²) in [5.74, 6) is -1.06. The van der Waals surface area contributed by atoms with Crippen molar-refractivity contribution in [2.24, 2.45) is 0 Å². The predicted octanol–water partition coefficient (Wildman–Crippen LogP) is 3.47. The van der Waals surface area contributed by atoms with Gasteiger partial charge in [-0.1, -0.05) is 36.4 Å². The van der Waals surface area contributed by atoms with Gasteiger partial charge in [0.1, 0.15) is 0 Å². The van der Waals surface area contributed by atoms with Crippen molar-refractivity contribution in [3.05, 3.63) is 69.8 Å². The quantitative estimate of drug-likeness (QED) is 0.811. The van der Waals surface area contributed by atoms with Crippen LogP contribution >= 0.6 is 0 Å². The van der Waals surface area contributed by atoms with Crippen molar-refractivity contribution in [1.29, 1.82) is 0 Å². The molecule has 4 heteroatoms. The summed E-state index contributed by atoms with van der Waals surface area (Å²) < 4.78 is 9.68. The Bertz CT molecular complexity index is 733. The fourth-order valence-electron chi connectivity index (χ4n) is 2.71. The Kier molecular flexibility index (Phi) is 5.16. The number of esters is 2. The van der Waals surface area contributed by atoms with E-state index in [-0.39, 0.29) is 11.1 Å². The van der Waals surface area contributed by atoms with Gasteiger partial charge in [-0.2, -0.15) is 0 Å². The molecule has 0 unspecified atom stereocenters. The zero-order valence-electron chi connectivity index (χ0n) is 13.8. The molecule has 0 spiro atoms. The molecule has 0 fully saturated rings. The van der Waals surface area contributed by atoms with Crippen molar-refractivity contribution in [3.8, 4) is 0 Å². The molecule has 0 amide bonds. The summed E-state index contributed by atoms with van der Waals surface area (Å²) in [6, 6.07) is 11.9. The van der Waals surface area contributed by atoms with Crippen LogP contribution in [0.1, 0.15) is 43.0 Å². The largest absolute Gasteiger partial charge is 0.465 e. The summed E-state index contributed by atoms with van der Waals surface area (Å²) in [7, 11) is 2.61. The summed E-state index contributed by atoms with van der Waals surface area (Å²) in [5.41, 5.74) is 4.12. The summed E-state index contributed by atoms with van der Waals surface area (Å²) >= 11 is 0. The molecule has 0 radical (unpaired) electrons. The Labute approximate surface area is 136 Å². The second-order valence-electron chi connectivity index (χ2n) is 5.37. The maximum atomic E-state index is 12.2. The average molecular weight is 312 g/mol. The van der Waals surface area contributed by atoms with E-state index < -0.39 is 11.9 Å². The molecule has 4 nitrogen and oxygen atoms in total. The van der Waals surface area contributed by atoms with Crippen LogP contribution < -0.4 is 0 Å². The Morgan fingerprint density at radius 2 is 1.48 bits per heavy atom. The van der Waals surface area contributed by atoms with E-state index in [4.69, 9.17) is 9.47 Å². The molecule has 0 N–H and O–H groups in total. The standard InChI is InChI=1S/C19H20O4/c1-12-10-15(11-14-8-6-5-7-9-14)13(2)17(19(21)23-4)16(12)18(20)22-3/h5-10H,11H2,1-4H3. The maximum Gasteiger partial charge on any atom is 0.339 e. The molecular formula is C19H20O4. The highest BCUT2D eigenvalue weighted by molar-refractivity contribution is 6.05. The molecule has 120 valence electrons. The second-order valence-corrected chi connectivity index (χ2v) is 5.37. The van der Waals surface area contributed by atoms with Crippen LogP contribution in [0.3, 0.4) is 0 Å². The third kappa shape index (κ3) is 3.42. The number of hydrogen-bond acceptors (Lipinski definition) is 4. The van der Waals surface area contributed by atoms with Gasteiger partial charge >= 0.3 is 11.9 Å². The van der Waals surface area contributed by atoms with Gasteiger partial charge in [0.15, 0.2) is 0 Å². The molecule has 2 aromatic carbocycles. The first-order valence-corrected chi connectivity index (χ1v) is 7.33. The van der Waals surface area contributed by atoms with Gasteiger partial charge in [0.2, 0.25) is 0 Å². The molecule has 0 aliphatic carbocycles. The predicted molar refractivity (Wildman–Crippen MR) is 87.8 cm³/mol. The molecule has 0 aromatic heterocycles. The van der Waals surface area contributed by atoms with Gasteiger partial charge in [-0.05, 0) is 42.5 Å². The van der Waals surface area contributed by atoms with Crippen LogP contribution in [0.5, 0.6) is 0 Å². The molecule has 0 saturated heterocycles. The van der Waals surface area contributed by atoms with E-state index in [0.717, 1.165) is 16.7 Å². The van der Waals surface area contributed by atoms with Crippen molar-refractivity contribution in [3.63, 3.8) is 0 Å². The molecular weight excluding hydrogens is 292 g/mol. The second kappa shape index (κ2) is 7.09. The van der Waals surface area contributed by atoms with Crippen LogP contribution in [-0.2, 0) is 15.9 Å². The minimum absolute atomic E-state index is 0.272. The lowest BCUT2D eigenvalue weighted by Crippen LogP contribution is -2.17. The third-order valence-corrected chi connectivity index (χ3v) is 3.91. The Hall–Kier alpha value is -2.62. The minimum atomic E-state index is -0.530. The number of benzene rings is 2. The first-order valence-electron chi connectivity index (χ1n) is 7.33. The van der Waals surface area contributed by atoms with Crippen LogP contribution in [0.2, 0.25) is 0 Å². The molecule has 2 aromatic rings. The molecule has 0 saturated carbocycles. The van der Waals surface area contributed by atoms with E-state index >= 15 is 0 Å². The minimum Gasteiger partial charge on any atom is -0.465 e. The monoisotopic (exact) mass is 312 g/mol. The van der Waals surface area contributed by atoms with Gasteiger partial charge < -0.3 is 9.47 Å². The smallest absolute Gasteiger partial charge is 0.339 e. The molecule has 2 rings (SSSR count).